The van der Waals surface area contributed by atoms with Crippen LogP contribution in [0.4, 0.5) is 0 Å². The van der Waals surface area contributed by atoms with Gasteiger partial charge in [0.05, 0.1) is 5.75 Å². The number of methoxy groups -OCH3 is 1. The van der Waals surface area contributed by atoms with E-state index in [1.807, 2.05) is 0 Å². The van der Waals surface area contributed by atoms with Crippen molar-refractivity contribution in [2.24, 2.45) is 0 Å². The fourth-order valence-corrected chi connectivity index (χ4v) is 2.03. The Balaban J connectivity index is 3.46. The fourth-order valence-electron chi connectivity index (χ4n) is 0.926. The molecule has 0 aromatic heterocycles. The monoisotopic (exact) mass is 225 g/mol. The van der Waals surface area contributed by atoms with Gasteiger partial charge in [0, 0.05) is 26.9 Å². The molecule has 0 unspecified atom stereocenters. The first-order valence-corrected chi connectivity index (χ1v) is 6.35. The standard InChI is InChI=1S/C8H19NO4S/c1-13-7-3-2-5-9-14(11,12)8-4-6-10/h9-10H,2-8H2,1H3. The molecular formula is C8H19NO4S. The Kier molecular flexibility index (Phi) is 8.07. The second-order valence-corrected chi connectivity index (χ2v) is 4.92. The Morgan fingerprint density at radius 2 is 2.00 bits per heavy atom. The summed E-state index contributed by atoms with van der Waals surface area (Å²) >= 11 is 0. The minimum Gasteiger partial charge on any atom is -0.396 e. The summed E-state index contributed by atoms with van der Waals surface area (Å²) in [6.07, 6.45) is 1.90. The Hall–Kier alpha value is -0.170. The van der Waals surface area contributed by atoms with Gasteiger partial charge in [-0.1, -0.05) is 0 Å². The first kappa shape index (κ1) is 13.8. The van der Waals surface area contributed by atoms with E-state index in [4.69, 9.17) is 9.84 Å². The van der Waals surface area contributed by atoms with Crippen LogP contribution in [0.3, 0.4) is 0 Å². The molecule has 2 N–H and O–H groups in total. The van der Waals surface area contributed by atoms with Gasteiger partial charge >= 0.3 is 0 Å². The van der Waals surface area contributed by atoms with E-state index in [1.165, 1.54) is 0 Å². The van der Waals surface area contributed by atoms with Crippen LogP contribution in [0.5, 0.6) is 0 Å². The normalized spacial score (nSPS) is 11.9. The summed E-state index contributed by atoms with van der Waals surface area (Å²) in [7, 11) is -1.57. The van der Waals surface area contributed by atoms with E-state index in [0.29, 0.717) is 13.2 Å². The zero-order chi connectivity index (χ0) is 10.9. The van der Waals surface area contributed by atoms with Crippen molar-refractivity contribution in [2.45, 2.75) is 19.3 Å². The zero-order valence-corrected chi connectivity index (χ0v) is 9.35. The van der Waals surface area contributed by atoms with Gasteiger partial charge < -0.3 is 9.84 Å². The molecule has 0 rings (SSSR count). The van der Waals surface area contributed by atoms with Gasteiger partial charge in [0.25, 0.3) is 0 Å². The average Bonchev–Trinajstić information content (AvgIpc) is 2.15. The predicted molar refractivity (Wildman–Crippen MR) is 54.6 cm³/mol. The lowest BCUT2D eigenvalue weighted by Crippen LogP contribution is -2.27. The molecule has 86 valence electrons. The lowest BCUT2D eigenvalue weighted by Gasteiger charge is -2.05. The van der Waals surface area contributed by atoms with Crippen molar-refractivity contribution >= 4 is 10.0 Å². The van der Waals surface area contributed by atoms with Crippen LogP contribution in [0.25, 0.3) is 0 Å². The Morgan fingerprint density at radius 3 is 2.57 bits per heavy atom. The van der Waals surface area contributed by atoms with Crippen LogP contribution in [0.15, 0.2) is 0 Å². The largest absolute Gasteiger partial charge is 0.396 e. The minimum absolute atomic E-state index is 0.00617. The molecule has 14 heavy (non-hydrogen) atoms. The first-order chi connectivity index (χ1) is 6.62. The van der Waals surface area contributed by atoms with E-state index in [0.717, 1.165) is 12.8 Å². The van der Waals surface area contributed by atoms with Crippen molar-refractivity contribution in [3.63, 3.8) is 0 Å². The van der Waals surface area contributed by atoms with Gasteiger partial charge in [-0.2, -0.15) is 0 Å². The fraction of sp³-hybridized carbons (Fsp3) is 1.00. The quantitative estimate of drug-likeness (QED) is 0.529. The van der Waals surface area contributed by atoms with Crippen molar-refractivity contribution in [2.75, 3.05) is 32.6 Å². The molecule has 0 atom stereocenters. The third-order valence-corrected chi connectivity index (χ3v) is 3.14. The lowest BCUT2D eigenvalue weighted by atomic mass is 10.3. The summed E-state index contributed by atoms with van der Waals surface area (Å²) in [5, 5.41) is 8.46. The van der Waals surface area contributed by atoms with Gasteiger partial charge in [0.2, 0.25) is 10.0 Å². The maximum Gasteiger partial charge on any atom is 0.211 e. The van der Waals surface area contributed by atoms with Gasteiger partial charge in [-0.3, -0.25) is 0 Å². The average molecular weight is 225 g/mol. The Morgan fingerprint density at radius 1 is 1.29 bits per heavy atom. The zero-order valence-electron chi connectivity index (χ0n) is 8.53. The van der Waals surface area contributed by atoms with Crippen molar-refractivity contribution in [1.82, 2.24) is 4.72 Å². The smallest absolute Gasteiger partial charge is 0.211 e. The molecule has 0 bridgehead atoms. The Bertz CT molecular complexity index is 215. The van der Waals surface area contributed by atoms with Crippen LogP contribution >= 0.6 is 0 Å². The summed E-state index contributed by atoms with van der Waals surface area (Å²) in [5.41, 5.74) is 0. The topological polar surface area (TPSA) is 75.6 Å². The van der Waals surface area contributed by atoms with Crippen LogP contribution in [-0.4, -0.2) is 46.1 Å². The minimum atomic E-state index is -3.18. The summed E-state index contributed by atoms with van der Waals surface area (Å²) in [6, 6.07) is 0. The number of aliphatic hydroxyl groups is 1. The van der Waals surface area contributed by atoms with E-state index in [9.17, 15) is 8.42 Å². The number of ether oxygens (including phenoxy) is 1. The second-order valence-electron chi connectivity index (χ2n) is 2.99. The van der Waals surface area contributed by atoms with E-state index in [2.05, 4.69) is 4.72 Å². The molecule has 0 aromatic carbocycles. The third kappa shape index (κ3) is 8.43. The molecule has 0 aliphatic heterocycles. The van der Waals surface area contributed by atoms with Gasteiger partial charge in [0.15, 0.2) is 0 Å². The van der Waals surface area contributed by atoms with Crippen LogP contribution in [0, 0.1) is 0 Å². The molecule has 0 spiro atoms. The van der Waals surface area contributed by atoms with Crippen LogP contribution in [0.2, 0.25) is 0 Å². The van der Waals surface area contributed by atoms with Crippen LogP contribution < -0.4 is 4.72 Å². The van der Waals surface area contributed by atoms with Gasteiger partial charge in [0.1, 0.15) is 0 Å². The number of rotatable bonds is 9. The van der Waals surface area contributed by atoms with Crippen molar-refractivity contribution in [3.8, 4) is 0 Å². The van der Waals surface area contributed by atoms with Gasteiger partial charge in [-0.05, 0) is 19.3 Å². The molecule has 0 saturated carbocycles. The highest BCUT2D eigenvalue weighted by molar-refractivity contribution is 7.89. The van der Waals surface area contributed by atoms with E-state index < -0.39 is 10.0 Å². The molecule has 0 radical (unpaired) electrons. The molecule has 5 nitrogen and oxygen atoms in total. The maximum absolute atomic E-state index is 11.2. The third-order valence-electron chi connectivity index (χ3n) is 1.67. The van der Waals surface area contributed by atoms with Gasteiger partial charge in [-0.25, -0.2) is 13.1 Å². The van der Waals surface area contributed by atoms with Crippen LogP contribution in [-0.2, 0) is 14.8 Å². The lowest BCUT2D eigenvalue weighted by molar-refractivity contribution is 0.193. The highest BCUT2D eigenvalue weighted by atomic mass is 32.2. The molecule has 0 aromatic rings. The van der Waals surface area contributed by atoms with E-state index >= 15 is 0 Å². The Labute approximate surface area is 85.5 Å². The highest BCUT2D eigenvalue weighted by Gasteiger charge is 2.07. The second kappa shape index (κ2) is 8.16. The molecule has 0 aliphatic carbocycles. The molecule has 0 fully saturated rings. The predicted octanol–water partition coefficient (Wildman–Crippen LogP) is -0.285. The number of hydrogen-bond acceptors (Lipinski definition) is 4. The van der Waals surface area contributed by atoms with E-state index in [-0.39, 0.29) is 18.8 Å². The van der Waals surface area contributed by atoms with Gasteiger partial charge in [-0.15, -0.1) is 0 Å². The van der Waals surface area contributed by atoms with Crippen molar-refractivity contribution in [1.29, 1.82) is 0 Å². The van der Waals surface area contributed by atoms with E-state index in [1.54, 1.807) is 7.11 Å². The van der Waals surface area contributed by atoms with Crippen molar-refractivity contribution in [3.05, 3.63) is 0 Å². The maximum atomic E-state index is 11.2. The number of unbranched alkanes of at least 4 members (excludes halogenated alkanes) is 1. The molecule has 0 heterocycles. The number of aliphatic hydroxyl groups excluding tert-OH is 1. The molecule has 0 aliphatic rings. The summed E-state index contributed by atoms with van der Waals surface area (Å²) in [6.45, 7) is 1.00. The van der Waals surface area contributed by atoms with Crippen molar-refractivity contribution < 1.29 is 18.3 Å². The summed E-state index contributed by atoms with van der Waals surface area (Å²) in [4.78, 5) is 0. The highest BCUT2D eigenvalue weighted by Crippen LogP contribution is 1.92. The van der Waals surface area contributed by atoms with Crippen LogP contribution in [0.1, 0.15) is 19.3 Å². The molecule has 0 saturated heterocycles. The number of nitrogens with one attached hydrogen (secondary N) is 1. The number of hydrogen-bond donors (Lipinski definition) is 2. The summed E-state index contributed by atoms with van der Waals surface area (Å²) in [5.74, 6) is -0.00617. The summed E-state index contributed by atoms with van der Waals surface area (Å²) < 4.78 is 29.6. The molecule has 6 heteroatoms. The molecular weight excluding hydrogens is 206 g/mol. The first-order valence-electron chi connectivity index (χ1n) is 4.69. The number of sulfonamides is 1. The SMILES string of the molecule is COCCCCNS(=O)(=O)CCCO. The molecule has 0 amide bonds.